The molecule has 0 spiro atoms. The Bertz CT molecular complexity index is 975. The van der Waals surface area contributed by atoms with Gasteiger partial charge in [0, 0.05) is 6.07 Å². The average molecular weight is 356 g/mol. The van der Waals surface area contributed by atoms with Crippen LogP contribution >= 0.6 is 11.3 Å². The Morgan fingerprint density at radius 3 is 2.76 bits per heavy atom. The molecule has 128 valence electrons. The fourth-order valence-electron chi connectivity index (χ4n) is 2.29. The molecule has 25 heavy (non-hydrogen) atoms. The zero-order chi connectivity index (χ0) is 18.2. The molecule has 0 fully saturated rings. The summed E-state index contributed by atoms with van der Waals surface area (Å²) in [5.74, 6) is 0.940. The van der Waals surface area contributed by atoms with Gasteiger partial charge in [-0.3, -0.25) is 9.36 Å². The Kier molecular flexibility index (Phi) is 4.57. The highest BCUT2D eigenvalue weighted by Crippen LogP contribution is 2.30. The fourth-order valence-corrected chi connectivity index (χ4v) is 3.10. The zero-order valence-electron chi connectivity index (χ0n) is 14.1. The van der Waals surface area contributed by atoms with Crippen LogP contribution in [0.5, 0.6) is 11.5 Å². The lowest BCUT2D eigenvalue weighted by molar-refractivity contribution is 0.0276. The Hall–Kier alpha value is -2.32. The van der Waals surface area contributed by atoms with Gasteiger partial charge in [0.2, 0.25) is 0 Å². The van der Waals surface area contributed by atoms with E-state index in [1.54, 1.807) is 38.1 Å². The lowest BCUT2D eigenvalue weighted by Gasteiger charge is -2.19. The van der Waals surface area contributed by atoms with E-state index in [2.05, 4.69) is 4.98 Å². The first-order valence-corrected chi connectivity index (χ1v) is 8.40. The predicted octanol–water partition coefficient (Wildman–Crippen LogP) is 1.40. The average Bonchev–Trinajstić information content (AvgIpc) is 2.94. The molecule has 2 aromatic heterocycles. The van der Waals surface area contributed by atoms with Gasteiger partial charge in [-0.05, 0) is 36.8 Å². The van der Waals surface area contributed by atoms with Crippen LogP contribution in [-0.2, 0) is 0 Å². The third kappa shape index (κ3) is 3.70. The van der Waals surface area contributed by atoms with E-state index in [-0.39, 0.29) is 12.2 Å². The van der Waals surface area contributed by atoms with Gasteiger partial charge in [-0.1, -0.05) is 0 Å². The van der Waals surface area contributed by atoms with E-state index < -0.39 is 5.60 Å². The Balaban J connectivity index is 2.01. The van der Waals surface area contributed by atoms with E-state index in [0.717, 1.165) is 0 Å². The van der Waals surface area contributed by atoms with Crippen LogP contribution in [-0.4, -0.2) is 41.8 Å². The molecule has 8 heteroatoms. The largest absolute Gasteiger partial charge is 0.493 e. The first kappa shape index (κ1) is 17.5. The smallest absolute Gasteiger partial charge is 0.275 e. The van der Waals surface area contributed by atoms with Crippen LogP contribution in [0.15, 0.2) is 35.4 Å². The second kappa shape index (κ2) is 6.53. The van der Waals surface area contributed by atoms with E-state index >= 15 is 0 Å². The summed E-state index contributed by atoms with van der Waals surface area (Å²) in [6, 6.07) is 6.79. The highest BCUT2D eigenvalue weighted by Gasteiger charge is 2.16. The number of methoxy groups -OCH3 is 1. The molecule has 3 rings (SSSR count). The molecule has 0 bridgehead atoms. The second-order valence-electron chi connectivity index (χ2n) is 6.22. The number of thiophene rings is 1. The Morgan fingerprint density at radius 1 is 1.32 bits per heavy atom. The van der Waals surface area contributed by atoms with E-state index in [9.17, 15) is 9.90 Å². The van der Waals surface area contributed by atoms with Crippen LogP contribution < -0.4 is 19.8 Å². The lowest BCUT2D eigenvalue weighted by Crippen LogP contribution is -2.28. The molecule has 3 aromatic rings. The molecule has 0 atom stereocenters. The van der Waals surface area contributed by atoms with E-state index in [1.165, 1.54) is 29.3 Å². The summed E-state index contributed by atoms with van der Waals surface area (Å²) in [6.45, 7) is 3.42. The number of ether oxygens (including phenoxy) is 2. The van der Waals surface area contributed by atoms with E-state index in [1.807, 2.05) is 0 Å². The van der Waals surface area contributed by atoms with Crippen molar-refractivity contribution in [3.8, 4) is 17.2 Å². The summed E-state index contributed by atoms with van der Waals surface area (Å²) in [7, 11) is 7.27. The number of hydrogen-bond acceptors (Lipinski definition) is 6. The highest BCUT2D eigenvalue weighted by molar-refractivity contribution is 7.26. The van der Waals surface area contributed by atoms with Crippen molar-refractivity contribution in [1.29, 1.82) is 0 Å². The first-order valence-electron chi connectivity index (χ1n) is 7.59. The minimum Gasteiger partial charge on any atom is -0.493 e. The summed E-state index contributed by atoms with van der Waals surface area (Å²) < 4.78 is 13.4. The van der Waals surface area contributed by atoms with Crippen molar-refractivity contribution in [3.63, 3.8) is 0 Å². The van der Waals surface area contributed by atoms with Crippen LogP contribution in [0.1, 0.15) is 13.8 Å². The van der Waals surface area contributed by atoms with Gasteiger partial charge in [0.15, 0.2) is 11.5 Å². The Labute approximate surface area is 150 Å². The maximum Gasteiger partial charge on any atom is 0.275 e. The van der Waals surface area contributed by atoms with Crippen LogP contribution in [0.3, 0.4) is 0 Å². The number of benzene rings is 1. The minimum atomic E-state index is -0.964. The molecule has 2 heterocycles. The topological polar surface area (TPSA) is 73.6 Å². The van der Waals surface area contributed by atoms with E-state index in [4.69, 9.17) is 17.3 Å². The maximum atomic E-state index is 12.7. The molecular weight excluding hydrogens is 339 g/mol. The number of aromatic nitrogens is 2. The van der Waals surface area contributed by atoms with Crippen LogP contribution in [0.25, 0.3) is 15.9 Å². The summed E-state index contributed by atoms with van der Waals surface area (Å²) in [5.41, 5.74) is 0.0212. The van der Waals surface area contributed by atoms with Gasteiger partial charge in [0.25, 0.3) is 5.56 Å². The lowest BCUT2D eigenvalue weighted by atomic mass is 10.1. The monoisotopic (exact) mass is 356 g/mol. The third-order valence-corrected chi connectivity index (χ3v) is 4.40. The van der Waals surface area contributed by atoms with Crippen molar-refractivity contribution in [2.75, 3.05) is 13.7 Å². The molecule has 0 saturated heterocycles. The molecule has 6 nitrogen and oxygen atoms in total. The molecule has 0 aliphatic heterocycles. The van der Waals surface area contributed by atoms with Gasteiger partial charge in [-0.15, -0.1) is 11.3 Å². The Morgan fingerprint density at radius 2 is 2.08 bits per heavy atom. The molecule has 1 N–H and O–H groups in total. The second-order valence-corrected chi connectivity index (χ2v) is 7.30. The predicted molar refractivity (Wildman–Crippen MR) is 98.9 cm³/mol. The van der Waals surface area contributed by atoms with Crippen molar-refractivity contribution in [3.05, 3.63) is 40.9 Å². The SMILES string of the molecule is [B]c1cc2ncn(-c3ccc(OCC(C)(C)O)c(OC)c3)c(=O)c2s1. The van der Waals surface area contributed by atoms with Crippen molar-refractivity contribution in [1.82, 2.24) is 9.55 Å². The summed E-state index contributed by atoms with van der Waals surface area (Å²) in [4.78, 5) is 16.9. The van der Waals surface area contributed by atoms with Gasteiger partial charge in [0.05, 0.1) is 23.9 Å². The van der Waals surface area contributed by atoms with Gasteiger partial charge < -0.3 is 14.6 Å². The number of rotatable bonds is 5. The molecule has 1 aromatic carbocycles. The molecule has 0 amide bonds. The third-order valence-electron chi connectivity index (χ3n) is 3.46. The van der Waals surface area contributed by atoms with Crippen LogP contribution in [0, 0.1) is 0 Å². The van der Waals surface area contributed by atoms with Crippen molar-refractivity contribution >= 4 is 34.2 Å². The summed E-state index contributed by atoms with van der Waals surface area (Å²) >= 11 is 1.21. The van der Waals surface area contributed by atoms with Gasteiger partial charge >= 0.3 is 0 Å². The molecular formula is C17H17BN2O4S. The quantitative estimate of drug-likeness (QED) is 0.700. The zero-order valence-corrected chi connectivity index (χ0v) is 15.0. The summed E-state index contributed by atoms with van der Waals surface area (Å²) in [6.07, 6.45) is 1.46. The number of hydrogen-bond donors (Lipinski definition) is 1. The van der Waals surface area contributed by atoms with Crippen molar-refractivity contribution in [2.45, 2.75) is 19.4 Å². The maximum absolute atomic E-state index is 12.7. The van der Waals surface area contributed by atoms with Gasteiger partial charge in [-0.2, -0.15) is 0 Å². The van der Waals surface area contributed by atoms with Crippen molar-refractivity contribution in [2.24, 2.45) is 0 Å². The number of nitrogens with zero attached hydrogens (tertiary/aromatic N) is 2. The fraction of sp³-hybridized carbons (Fsp3) is 0.294. The highest BCUT2D eigenvalue weighted by atomic mass is 32.1. The van der Waals surface area contributed by atoms with Gasteiger partial charge in [-0.25, -0.2) is 4.98 Å². The van der Waals surface area contributed by atoms with Crippen LogP contribution in [0.4, 0.5) is 0 Å². The van der Waals surface area contributed by atoms with Crippen molar-refractivity contribution < 1.29 is 14.6 Å². The van der Waals surface area contributed by atoms with Gasteiger partial charge in [0.1, 0.15) is 25.5 Å². The molecule has 0 saturated carbocycles. The standard InChI is InChI=1S/C17H17BN2O4S/c1-17(2,22)8-24-12-5-4-10(6-13(12)23-3)20-9-19-11-7-14(18)25-15(11)16(20)21/h4-7,9,22H,8H2,1-3H3. The molecule has 0 unspecified atom stereocenters. The number of aliphatic hydroxyl groups is 1. The number of fused-ring (bicyclic) bond motifs is 1. The molecule has 0 aliphatic carbocycles. The van der Waals surface area contributed by atoms with Crippen LogP contribution in [0.2, 0.25) is 0 Å². The minimum absolute atomic E-state index is 0.116. The first-order chi connectivity index (χ1) is 11.8. The van der Waals surface area contributed by atoms with E-state index in [0.29, 0.717) is 32.2 Å². The molecule has 2 radical (unpaired) electrons. The summed E-state index contributed by atoms with van der Waals surface area (Å²) in [5, 5.41) is 9.79. The normalized spacial score (nSPS) is 11.7. The molecule has 0 aliphatic rings.